The average Bonchev–Trinajstić information content (AvgIpc) is 3.00. The van der Waals surface area contributed by atoms with E-state index in [4.69, 9.17) is 0 Å². The van der Waals surface area contributed by atoms with Gasteiger partial charge in [0, 0.05) is 12.1 Å². The van der Waals surface area contributed by atoms with Crippen molar-refractivity contribution in [1.82, 2.24) is 5.27 Å². The van der Waals surface area contributed by atoms with E-state index in [1.165, 1.54) is 34.8 Å². The number of hydrogen-bond acceptors (Lipinski definition) is 3. The molecule has 0 aliphatic carbocycles. The molecule has 0 spiro atoms. The molecule has 0 amide bonds. The van der Waals surface area contributed by atoms with Crippen LogP contribution in [0.4, 0.5) is 0 Å². The Morgan fingerprint density at radius 3 is 2.18 bits per heavy atom. The first-order valence-electron chi connectivity index (χ1n) is 7.51. The lowest BCUT2D eigenvalue weighted by atomic mass is 10.0. The minimum absolute atomic E-state index is 0.452. The zero-order chi connectivity index (χ0) is 15.4. The second-order valence-electron chi connectivity index (χ2n) is 5.31. The monoisotopic (exact) mass is 294 g/mol. The highest BCUT2D eigenvalue weighted by Gasteiger charge is 2.09. The van der Waals surface area contributed by atoms with Crippen molar-refractivity contribution in [1.29, 1.82) is 0 Å². The predicted octanol–water partition coefficient (Wildman–Crippen LogP) is 3.03. The molecule has 112 valence electrons. The lowest BCUT2D eigenvalue weighted by Gasteiger charge is -2.04. The summed E-state index contributed by atoms with van der Waals surface area (Å²) in [4.78, 5) is 0. The van der Waals surface area contributed by atoms with Crippen molar-refractivity contribution in [3.8, 4) is 22.8 Å². The number of rotatable bonds is 5. The van der Waals surface area contributed by atoms with E-state index in [1.807, 2.05) is 24.3 Å². The van der Waals surface area contributed by atoms with Crippen LogP contribution in [0, 0.1) is 0 Å². The Kier molecular flexibility index (Phi) is 4.19. The molecule has 0 fully saturated rings. The maximum Gasteiger partial charge on any atom is 0.239 e. The van der Waals surface area contributed by atoms with E-state index in [-0.39, 0.29) is 0 Å². The van der Waals surface area contributed by atoms with Crippen molar-refractivity contribution in [2.45, 2.75) is 26.2 Å². The van der Waals surface area contributed by atoms with Crippen molar-refractivity contribution in [2.24, 2.45) is 0 Å². The lowest BCUT2D eigenvalue weighted by Crippen LogP contribution is -2.31. The molecule has 0 N–H and O–H groups in total. The molecule has 4 heteroatoms. The molecule has 1 aromatic heterocycles. The fraction of sp³-hybridized carbons (Fsp3) is 0.222. The second-order valence-corrected chi connectivity index (χ2v) is 5.31. The van der Waals surface area contributed by atoms with E-state index < -0.39 is 5.95 Å². The maximum atomic E-state index is 11.0. The van der Waals surface area contributed by atoms with E-state index in [0.29, 0.717) is 0 Å². The number of aromatic nitrogens is 2. The summed E-state index contributed by atoms with van der Waals surface area (Å²) in [5.74, 6) is -0.452. The van der Waals surface area contributed by atoms with Crippen LogP contribution in [0.25, 0.3) is 16.8 Å². The number of unbranched alkanes of at least 4 members (excludes halogenated alkanes) is 1. The molecule has 3 aromatic rings. The van der Waals surface area contributed by atoms with Crippen LogP contribution in [0.2, 0.25) is 0 Å². The van der Waals surface area contributed by atoms with Crippen molar-refractivity contribution >= 4 is 0 Å². The Bertz CT molecular complexity index is 731. The Balaban J connectivity index is 1.77. The molecule has 0 unspecified atom stereocenters. The van der Waals surface area contributed by atoms with Gasteiger partial charge in [-0.15, -0.1) is 0 Å². The van der Waals surface area contributed by atoms with Gasteiger partial charge in [0.1, 0.15) is 5.95 Å². The first kappa shape index (κ1) is 14.3. The summed E-state index contributed by atoms with van der Waals surface area (Å²) >= 11 is 0. The van der Waals surface area contributed by atoms with E-state index in [9.17, 15) is 5.11 Å². The standard InChI is InChI=1S/C18H18N2O2/c1-2-3-4-14-5-7-15(8-6-14)16-9-11-17(12-10-16)20-13-18(21)22-19-20/h5-13H,2-4H2,1H3. The van der Waals surface area contributed by atoms with Crippen LogP contribution in [0.5, 0.6) is 5.95 Å². The average molecular weight is 294 g/mol. The number of nitrogens with zero attached hydrogens (tertiary/aromatic N) is 2. The summed E-state index contributed by atoms with van der Waals surface area (Å²) in [5.41, 5.74) is 4.50. The second kappa shape index (κ2) is 6.43. The zero-order valence-electron chi connectivity index (χ0n) is 12.5. The normalized spacial score (nSPS) is 10.8. The van der Waals surface area contributed by atoms with Crippen molar-refractivity contribution in [2.75, 3.05) is 0 Å². The van der Waals surface area contributed by atoms with Gasteiger partial charge in [-0.05, 0) is 46.3 Å². The smallest absolute Gasteiger partial charge is 0.239 e. The van der Waals surface area contributed by atoms with Gasteiger partial charge in [0.15, 0.2) is 0 Å². The summed E-state index contributed by atoms with van der Waals surface area (Å²) in [7, 11) is 0. The van der Waals surface area contributed by atoms with E-state index >= 15 is 0 Å². The van der Waals surface area contributed by atoms with Crippen LogP contribution >= 0.6 is 0 Å². The molecule has 2 aromatic carbocycles. The zero-order valence-corrected chi connectivity index (χ0v) is 12.5. The Hall–Kier alpha value is -2.62. The van der Waals surface area contributed by atoms with Gasteiger partial charge in [-0.2, -0.15) is 0 Å². The molecule has 0 aliphatic heterocycles. The Morgan fingerprint density at radius 2 is 1.64 bits per heavy atom. The molecule has 0 bridgehead atoms. The van der Waals surface area contributed by atoms with Gasteiger partial charge in [-0.25, -0.2) is 0 Å². The summed E-state index contributed by atoms with van der Waals surface area (Å²) in [6.45, 7) is 2.21. The minimum Gasteiger partial charge on any atom is -0.539 e. The number of benzene rings is 2. The Labute approximate surface area is 129 Å². The number of aryl methyl sites for hydroxylation is 1. The van der Waals surface area contributed by atoms with E-state index in [2.05, 4.69) is 41.0 Å². The molecule has 0 atom stereocenters. The first-order chi connectivity index (χ1) is 10.8. The van der Waals surface area contributed by atoms with Crippen molar-refractivity contribution < 1.29 is 14.3 Å². The van der Waals surface area contributed by atoms with Crippen molar-refractivity contribution in [3.05, 3.63) is 60.3 Å². The highest BCUT2D eigenvalue weighted by atomic mass is 16.6. The van der Waals surface area contributed by atoms with Crippen molar-refractivity contribution in [3.63, 3.8) is 0 Å². The molecule has 0 aliphatic rings. The molecule has 4 nitrogen and oxygen atoms in total. The molecular weight excluding hydrogens is 276 g/mol. The summed E-state index contributed by atoms with van der Waals surface area (Å²) in [6, 6.07) is 16.6. The molecular formula is C18H18N2O2. The van der Waals surface area contributed by atoms with Crippen LogP contribution in [-0.4, -0.2) is 5.27 Å². The third-order valence-corrected chi connectivity index (χ3v) is 3.68. The Morgan fingerprint density at radius 1 is 1.00 bits per heavy atom. The third-order valence-electron chi connectivity index (χ3n) is 3.68. The van der Waals surface area contributed by atoms with Gasteiger partial charge in [-0.1, -0.05) is 37.6 Å². The van der Waals surface area contributed by atoms with Crippen LogP contribution in [0.15, 0.2) is 59.3 Å². The van der Waals surface area contributed by atoms with Crippen LogP contribution in [0.3, 0.4) is 0 Å². The van der Waals surface area contributed by atoms with Gasteiger partial charge in [-0.3, -0.25) is 0 Å². The van der Waals surface area contributed by atoms with Gasteiger partial charge < -0.3 is 9.63 Å². The minimum atomic E-state index is -0.452. The van der Waals surface area contributed by atoms with Gasteiger partial charge in [0.25, 0.3) is 0 Å². The lowest BCUT2D eigenvalue weighted by molar-refractivity contribution is -0.670. The van der Waals surface area contributed by atoms with Gasteiger partial charge in [0.2, 0.25) is 11.9 Å². The van der Waals surface area contributed by atoms with Crippen LogP contribution < -0.4 is 9.79 Å². The van der Waals surface area contributed by atoms with Crippen LogP contribution in [-0.2, 0) is 6.42 Å². The quantitative estimate of drug-likeness (QED) is 0.680. The molecule has 22 heavy (non-hydrogen) atoms. The predicted molar refractivity (Wildman–Crippen MR) is 81.5 cm³/mol. The molecule has 3 rings (SSSR count). The molecule has 1 heterocycles. The maximum absolute atomic E-state index is 11.0. The summed E-state index contributed by atoms with van der Waals surface area (Å²) in [6.07, 6.45) is 4.90. The fourth-order valence-corrected chi connectivity index (χ4v) is 2.40. The van der Waals surface area contributed by atoms with E-state index in [1.54, 1.807) is 0 Å². The molecule has 0 saturated carbocycles. The topological polar surface area (TPSA) is 53.0 Å². The van der Waals surface area contributed by atoms with Gasteiger partial charge in [0.05, 0.1) is 5.27 Å². The highest BCUT2D eigenvalue weighted by molar-refractivity contribution is 5.64. The fourth-order valence-electron chi connectivity index (χ4n) is 2.40. The SMILES string of the molecule is CCCCc1ccc(-c2ccc(-[n+]3cc([O-])on3)cc2)cc1. The molecule has 0 radical (unpaired) electrons. The van der Waals surface area contributed by atoms with Crippen LogP contribution in [0.1, 0.15) is 25.3 Å². The number of hydrogen-bond donors (Lipinski definition) is 0. The summed E-state index contributed by atoms with van der Waals surface area (Å²) < 4.78 is 5.97. The van der Waals surface area contributed by atoms with Gasteiger partial charge >= 0.3 is 0 Å². The highest BCUT2D eigenvalue weighted by Crippen LogP contribution is 2.21. The first-order valence-corrected chi connectivity index (χ1v) is 7.51. The third kappa shape index (κ3) is 3.17. The molecule has 0 saturated heterocycles. The summed E-state index contributed by atoms with van der Waals surface area (Å²) in [5, 5.41) is 14.7. The largest absolute Gasteiger partial charge is 0.539 e. The van der Waals surface area contributed by atoms with E-state index in [0.717, 1.165) is 17.7 Å².